The molecule has 0 saturated carbocycles. The number of fused-ring (bicyclic) bond motifs is 1. The second-order valence-corrected chi connectivity index (χ2v) is 11.4. The number of ketones is 1. The molecule has 0 radical (unpaired) electrons. The minimum Gasteiger partial charge on any atom is -0.457 e. The molecule has 0 unspecified atom stereocenters. The van der Waals surface area contributed by atoms with Gasteiger partial charge in [-0.1, -0.05) is 51.8 Å². The highest BCUT2D eigenvalue weighted by Crippen LogP contribution is 2.35. The number of rotatable bonds is 4. The van der Waals surface area contributed by atoms with E-state index in [4.69, 9.17) is 14.9 Å². The van der Waals surface area contributed by atoms with Crippen LogP contribution in [-0.4, -0.2) is 39.2 Å². The summed E-state index contributed by atoms with van der Waals surface area (Å²) < 4.78 is 11.5. The van der Waals surface area contributed by atoms with E-state index in [1.807, 2.05) is 32.9 Å². The molecule has 4 N–H and O–H groups in total. The molecule has 2 aromatic rings. The molecule has 0 aliphatic carbocycles. The number of cyclic esters (lactones) is 1. The summed E-state index contributed by atoms with van der Waals surface area (Å²) >= 11 is 0. The lowest BCUT2D eigenvalue weighted by Crippen LogP contribution is -2.46. The van der Waals surface area contributed by atoms with Crippen LogP contribution in [0.3, 0.4) is 0 Å². The molecule has 3 rings (SSSR count). The maximum atomic E-state index is 13.6. The molecule has 0 fully saturated rings. The number of allylic oxidation sites excluding steroid dienone is 1. The van der Waals surface area contributed by atoms with E-state index in [0.717, 1.165) is 36.8 Å². The molecule has 1 aromatic heterocycles. The van der Waals surface area contributed by atoms with E-state index in [2.05, 4.69) is 11.1 Å². The Kier molecular flexibility index (Phi) is 10.3. The fourth-order valence-electron chi connectivity index (χ4n) is 5.24. The molecule has 210 valence electrons. The third kappa shape index (κ3) is 7.10. The van der Waals surface area contributed by atoms with Gasteiger partial charge in [-0.2, -0.15) is 0 Å². The normalized spacial score (nSPS) is 29.6. The number of nitrogens with two attached hydrogens (primary N) is 1. The van der Waals surface area contributed by atoms with Gasteiger partial charge in [-0.15, -0.1) is 0 Å². The number of aliphatic hydroxyl groups is 2. The first-order valence-corrected chi connectivity index (χ1v) is 13.8. The number of benzene rings is 1. The molecule has 38 heavy (non-hydrogen) atoms. The number of hydrogen-bond acceptors (Lipinski definition) is 8. The highest BCUT2D eigenvalue weighted by molar-refractivity contribution is 5.88. The van der Waals surface area contributed by atoms with Crippen LogP contribution in [-0.2, 0) is 20.9 Å². The Morgan fingerprint density at radius 2 is 1.95 bits per heavy atom. The Bertz CT molecular complexity index is 1140. The number of hydrogen-bond donors (Lipinski definition) is 3. The van der Waals surface area contributed by atoms with Crippen molar-refractivity contribution in [1.29, 1.82) is 0 Å². The molecule has 1 aromatic carbocycles. The van der Waals surface area contributed by atoms with Crippen molar-refractivity contribution in [3.8, 4) is 0 Å². The van der Waals surface area contributed by atoms with Crippen LogP contribution in [0.15, 0.2) is 34.3 Å². The summed E-state index contributed by atoms with van der Waals surface area (Å²) in [4.78, 5) is 31.1. The SMILES string of the molecule is CCC[C@H]1C(=O)C(C)(C)[C@@H](O)CC(=O)O[C@H](c2ccc3oc(CN)nc3c2)C/C=C(/C)CCC[C@H](C)[C@@H]1O. The van der Waals surface area contributed by atoms with E-state index in [1.54, 1.807) is 19.9 Å². The van der Waals surface area contributed by atoms with Crippen LogP contribution in [0, 0.1) is 17.3 Å². The lowest BCUT2D eigenvalue weighted by molar-refractivity contribution is -0.156. The Labute approximate surface area is 225 Å². The van der Waals surface area contributed by atoms with Gasteiger partial charge in [-0.25, -0.2) is 4.98 Å². The zero-order chi connectivity index (χ0) is 28.0. The van der Waals surface area contributed by atoms with Gasteiger partial charge in [-0.05, 0) is 56.2 Å². The van der Waals surface area contributed by atoms with Gasteiger partial charge in [0.15, 0.2) is 5.58 Å². The monoisotopic (exact) mass is 528 g/mol. The fourth-order valence-corrected chi connectivity index (χ4v) is 5.24. The minimum atomic E-state index is -1.25. The van der Waals surface area contributed by atoms with Crippen molar-refractivity contribution >= 4 is 22.9 Å². The third-order valence-electron chi connectivity index (χ3n) is 7.95. The summed E-state index contributed by atoms with van der Waals surface area (Å²) in [6.45, 7) is 9.49. The Hall–Kier alpha value is -2.55. The number of nitrogens with zero attached hydrogens (tertiary/aromatic N) is 1. The first kappa shape index (κ1) is 30.0. The van der Waals surface area contributed by atoms with Crippen LogP contribution in [0.1, 0.15) is 97.1 Å². The first-order valence-electron chi connectivity index (χ1n) is 13.8. The number of aromatic nitrogens is 1. The summed E-state index contributed by atoms with van der Waals surface area (Å²) in [5.41, 5.74) is 7.60. The molecule has 8 nitrogen and oxygen atoms in total. The highest BCUT2D eigenvalue weighted by atomic mass is 16.5. The highest BCUT2D eigenvalue weighted by Gasteiger charge is 2.43. The second kappa shape index (κ2) is 13.0. The van der Waals surface area contributed by atoms with E-state index in [1.165, 1.54) is 0 Å². The van der Waals surface area contributed by atoms with Gasteiger partial charge < -0.3 is 25.1 Å². The van der Waals surface area contributed by atoms with Gasteiger partial charge in [0.2, 0.25) is 5.89 Å². The van der Waals surface area contributed by atoms with Crippen molar-refractivity contribution in [1.82, 2.24) is 4.98 Å². The number of carbonyl (C=O) groups excluding carboxylic acids is 2. The van der Waals surface area contributed by atoms with Gasteiger partial charge in [0.1, 0.15) is 17.4 Å². The van der Waals surface area contributed by atoms with Gasteiger partial charge in [-0.3, -0.25) is 9.59 Å². The van der Waals surface area contributed by atoms with Crippen LogP contribution < -0.4 is 5.73 Å². The van der Waals surface area contributed by atoms with E-state index in [9.17, 15) is 19.8 Å². The van der Waals surface area contributed by atoms with Gasteiger partial charge in [0.25, 0.3) is 0 Å². The summed E-state index contributed by atoms with van der Waals surface area (Å²) in [6, 6.07) is 5.47. The third-order valence-corrected chi connectivity index (χ3v) is 7.95. The van der Waals surface area contributed by atoms with Crippen LogP contribution in [0.4, 0.5) is 0 Å². The topological polar surface area (TPSA) is 136 Å². The van der Waals surface area contributed by atoms with Crippen LogP contribution >= 0.6 is 0 Å². The lowest BCUT2D eigenvalue weighted by atomic mass is 9.71. The van der Waals surface area contributed by atoms with Gasteiger partial charge >= 0.3 is 5.97 Å². The predicted molar refractivity (Wildman–Crippen MR) is 146 cm³/mol. The molecule has 1 aliphatic heterocycles. The maximum Gasteiger partial charge on any atom is 0.309 e. The number of ether oxygens (including phenoxy) is 1. The van der Waals surface area contributed by atoms with Crippen LogP contribution in [0.2, 0.25) is 0 Å². The van der Waals surface area contributed by atoms with Crippen LogP contribution in [0.5, 0.6) is 0 Å². The number of esters is 1. The van der Waals surface area contributed by atoms with Crippen molar-refractivity contribution in [3.05, 3.63) is 41.3 Å². The number of oxazole rings is 1. The second-order valence-electron chi connectivity index (χ2n) is 11.4. The maximum absolute atomic E-state index is 13.6. The molecular formula is C30H44N2O6. The summed E-state index contributed by atoms with van der Waals surface area (Å²) in [7, 11) is 0. The summed E-state index contributed by atoms with van der Waals surface area (Å²) in [5.74, 6) is -1.04. The van der Waals surface area contributed by atoms with E-state index >= 15 is 0 Å². The van der Waals surface area contributed by atoms with Gasteiger partial charge in [0, 0.05) is 12.3 Å². The number of aliphatic hydroxyl groups excluding tert-OH is 2. The lowest BCUT2D eigenvalue weighted by Gasteiger charge is -2.36. The molecule has 0 saturated heterocycles. The van der Waals surface area contributed by atoms with Gasteiger partial charge in [0.05, 0.1) is 30.6 Å². The average molecular weight is 529 g/mol. The number of carbonyl (C=O) groups is 2. The molecule has 0 bridgehead atoms. The Morgan fingerprint density at radius 3 is 2.63 bits per heavy atom. The largest absolute Gasteiger partial charge is 0.457 e. The fraction of sp³-hybridized carbons (Fsp3) is 0.633. The van der Waals surface area contributed by atoms with Crippen molar-refractivity contribution < 1.29 is 29.0 Å². The van der Waals surface area contributed by atoms with E-state index < -0.39 is 35.6 Å². The Balaban J connectivity index is 1.93. The molecule has 2 heterocycles. The van der Waals surface area contributed by atoms with E-state index in [0.29, 0.717) is 29.8 Å². The van der Waals surface area contributed by atoms with Crippen molar-refractivity contribution in [2.24, 2.45) is 23.0 Å². The summed E-state index contributed by atoms with van der Waals surface area (Å²) in [6.07, 6.45) is 3.34. The molecule has 0 amide bonds. The average Bonchev–Trinajstić information content (AvgIpc) is 3.30. The van der Waals surface area contributed by atoms with Crippen molar-refractivity contribution in [3.63, 3.8) is 0 Å². The summed E-state index contributed by atoms with van der Waals surface area (Å²) in [5, 5.41) is 22.2. The zero-order valence-electron chi connectivity index (χ0n) is 23.4. The smallest absolute Gasteiger partial charge is 0.309 e. The number of Topliss-reactive ketones (excluding diaryl/α,β-unsaturated/α-hetero) is 1. The predicted octanol–water partition coefficient (Wildman–Crippen LogP) is 5.15. The van der Waals surface area contributed by atoms with E-state index in [-0.39, 0.29) is 24.7 Å². The molecule has 1 aliphatic rings. The standard InChI is InChI=1S/C30H44N2O6/c1-6-8-21-28(35)19(3)10-7-9-18(2)11-13-23(38-27(34)16-25(33)30(4,5)29(21)36)20-12-14-24-22(15-20)32-26(17-31)37-24/h11-12,14-15,19,21,23,25,28,33,35H,6-10,13,16-17,31H2,1-5H3/b18-11-/t19-,21+,23-,25-,28-/m0/s1. The van der Waals surface area contributed by atoms with Crippen molar-refractivity contribution in [2.75, 3.05) is 0 Å². The quantitative estimate of drug-likeness (QED) is 0.366. The molecule has 0 spiro atoms. The Morgan fingerprint density at radius 1 is 1.21 bits per heavy atom. The first-order chi connectivity index (χ1) is 18.0. The minimum absolute atomic E-state index is 0.0607. The molecule has 5 atom stereocenters. The van der Waals surface area contributed by atoms with Crippen LogP contribution in [0.25, 0.3) is 11.1 Å². The van der Waals surface area contributed by atoms with Crippen molar-refractivity contribution in [2.45, 2.75) is 104 Å². The zero-order valence-corrected chi connectivity index (χ0v) is 23.4. The molecule has 8 heteroatoms. The molecular weight excluding hydrogens is 484 g/mol.